The molecule has 1 aromatic carbocycles. The molecule has 1 aromatic rings. The van der Waals surface area contributed by atoms with Crippen molar-refractivity contribution in [1.82, 2.24) is 0 Å². The van der Waals surface area contributed by atoms with Gasteiger partial charge in [0.15, 0.2) is 4.93 Å². The fourth-order valence-electron chi connectivity index (χ4n) is 1.17. The van der Waals surface area contributed by atoms with Gasteiger partial charge in [0.05, 0.1) is 0 Å². The molecular weight excluding hydrogens is 232 g/mol. The van der Waals surface area contributed by atoms with Gasteiger partial charge in [-0.15, -0.1) is 0 Å². The van der Waals surface area contributed by atoms with Crippen LogP contribution in [-0.4, -0.2) is 28.1 Å². The molecule has 0 aliphatic heterocycles. The first-order valence-corrected chi connectivity index (χ1v) is 6.14. The third-order valence-electron chi connectivity index (χ3n) is 2.37. The van der Waals surface area contributed by atoms with Gasteiger partial charge in [0, 0.05) is 0 Å². The van der Waals surface area contributed by atoms with Crippen molar-refractivity contribution in [2.45, 2.75) is 24.7 Å². The van der Waals surface area contributed by atoms with E-state index in [2.05, 4.69) is 0 Å². The lowest BCUT2D eigenvalue weighted by Gasteiger charge is -2.19. The third-order valence-corrected chi connectivity index (χ3v) is 3.69. The van der Waals surface area contributed by atoms with Crippen molar-refractivity contribution in [2.75, 3.05) is 0 Å². The Kier molecular flexibility index (Phi) is 3.57. The van der Waals surface area contributed by atoms with Crippen LogP contribution >= 0.6 is 0 Å². The van der Waals surface area contributed by atoms with Crippen LogP contribution in [0.4, 0.5) is 0 Å². The van der Waals surface area contributed by atoms with Gasteiger partial charge in [0.25, 0.3) is 10.1 Å². The van der Waals surface area contributed by atoms with E-state index < -0.39 is 15.1 Å². The zero-order chi connectivity index (χ0) is 12.4. The molecule has 0 aromatic heterocycles. The molecule has 0 amide bonds. The van der Waals surface area contributed by atoms with Crippen LogP contribution in [0.2, 0.25) is 0 Å². The van der Waals surface area contributed by atoms with Crippen molar-refractivity contribution in [1.29, 1.82) is 0 Å². The molecule has 90 valence electrons. The Balaban J connectivity index is 2.68. The molecule has 0 saturated carbocycles. The van der Waals surface area contributed by atoms with Gasteiger partial charge in [-0.05, 0) is 37.5 Å². The van der Waals surface area contributed by atoms with Crippen molar-refractivity contribution in [2.24, 2.45) is 0 Å². The molecule has 5 nitrogen and oxygen atoms in total. The van der Waals surface area contributed by atoms with E-state index in [4.69, 9.17) is 9.66 Å². The highest BCUT2D eigenvalue weighted by atomic mass is 32.2. The largest absolute Gasteiger partial charge is 0.508 e. The van der Waals surface area contributed by atoms with Crippen LogP contribution in [0.15, 0.2) is 24.3 Å². The van der Waals surface area contributed by atoms with E-state index in [1.54, 1.807) is 12.1 Å². The second kappa shape index (κ2) is 4.40. The molecule has 1 rings (SSSR count). The normalized spacial score (nSPS) is 15.7. The lowest BCUT2D eigenvalue weighted by atomic mass is 10.1. The highest BCUT2D eigenvalue weighted by Crippen LogP contribution is 2.20. The molecule has 0 radical (unpaired) electrons. The van der Waals surface area contributed by atoms with Gasteiger partial charge in [0.2, 0.25) is 0 Å². The molecule has 6 heteroatoms. The number of phenols is 1. The van der Waals surface area contributed by atoms with Crippen LogP contribution in [0.3, 0.4) is 0 Å². The fourth-order valence-corrected chi connectivity index (χ4v) is 1.53. The smallest absolute Gasteiger partial charge is 0.294 e. The Morgan fingerprint density at radius 1 is 1.25 bits per heavy atom. The number of rotatable bonds is 4. The van der Waals surface area contributed by atoms with Crippen LogP contribution < -0.4 is 0 Å². The Labute approximate surface area is 94.1 Å². The number of aromatic hydroxyl groups is 1. The quantitative estimate of drug-likeness (QED) is 0.687. The van der Waals surface area contributed by atoms with Crippen molar-refractivity contribution < 1.29 is 23.2 Å². The van der Waals surface area contributed by atoms with Gasteiger partial charge in [-0.2, -0.15) is 8.42 Å². The maximum atomic E-state index is 10.8. The lowest BCUT2D eigenvalue weighted by Crippen LogP contribution is -2.35. The number of aliphatic hydroxyl groups is 1. The van der Waals surface area contributed by atoms with Crippen LogP contribution in [-0.2, 0) is 16.5 Å². The molecule has 16 heavy (non-hydrogen) atoms. The fraction of sp³-hybridized carbons (Fsp3) is 0.400. The van der Waals surface area contributed by atoms with Crippen LogP contribution in [0.1, 0.15) is 18.9 Å². The predicted octanol–water partition coefficient (Wildman–Crippen LogP) is 0.921. The molecule has 1 unspecified atom stereocenters. The zero-order valence-corrected chi connectivity index (χ0v) is 9.61. The predicted molar refractivity (Wildman–Crippen MR) is 58.6 cm³/mol. The number of hydrogen-bond acceptors (Lipinski definition) is 4. The van der Waals surface area contributed by atoms with E-state index in [0.717, 1.165) is 12.5 Å². The van der Waals surface area contributed by atoms with Gasteiger partial charge in [0.1, 0.15) is 5.75 Å². The van der Waals surface area contributed by atoms with Crippen molar-refractivity contribution in [3.63, 3.8) is 0 Å². The first-order chi connectivity index (χ1) is 7.22. The number of benzene rings is 1. The minimum atomic E-state index is -4.47. The average molecular weight is 246 g/mol. The highest BCUT2D eigenvalue weighted by molar-refractivity contribution is 7.87. The Hall–Kier alpha value is -1.11. The number of hydrogen-bond donors (Lipinski definition) is 3. The van der Waals surface area contributed by atoms with Crippen LogP contribution in [0.5, 0.6) is 5.75 Å². The van der Waals surface area contributed by atoms with E-state index in [9.17, 15) is 13.5 Å². The van der Waals surface area contributed by atoms with Gasteiger partial charge >= 0.3 is 0 Å². The lowest BCUT2D eigenvalue weighted by molar-refractivity contribution is 0.123. The third kappa shape index (κ3) is 3.19. The summed E-state index contributed by atoms with van der Waals surface area (Å²) in [4.78, 5) is -2.15. The minimum absolute atomic E-state index is 0.114. The SMILES string of the molecule is CC(O)(CCc1ccc(O)cc1)S(=O)(=O)O. The average Bonchev–Trinajstić information content (AvgIpc) is 2.15. The van der Waals surface area contributed by atoms with Gasteiger partial charge in [-0.1, -0.05) is 12.1 Å². The van der Waals surface area contributed by atoms with E-state index in [1.165, 1.54) is 12.1 Å². The molecule has 0 fully saturated rings. The number of phenolic OH excluding ortho intramolecular Hbond substituents is 1. The van der Waals surface area contributed by atoms with Gasteiger partial charge in [-0.25, -0.2) is 0 Å². The molecular formula is C10H14O5S. The van der Waals surface area contributed by atoms with Crippen molar-refractivity contribution in [3.05, 3.63) is 29.8 Å². The first-order valence-electron chi connectivity index (χ1n) is 4.70. The molecule has 0 spiro atoms. The molecule has 0 bridgehead atoms. The maximum absolute atomic E-state index is 10.8. The first kappa shape index (κ1) is 13.0. The molecule has 3 N–H and O–H groups in total. The summed E-state index contributed by atoms with van der Waals surface area (Å²) in [6, 6.07) is 6.18. The van der Waals surface area contributed by atoms with Gasteiger partial charge < -0.3 is 10.2 Å². The van der Waals surface area contributed by atoms with E-state index in [-0.39, 0.29) is 18.6 Å². The summed E-state index contributed by atoms with van der Waals surface area (Å²) in [5.74, 6) is 0.116. The Morgan fingerprint density at radius 3 is 2.19 bits per heavy atom. The van der Waals surface area contributed by atoms with Gasteiger partial charge in [-0.3, -0.25) is 4.55 Å². The molecule has 1 atom stereocenters. The molecule has 0 saturated heterocycles. The summed E-state index contributed by atoms with van der Waals surface area (Å²) in [6.07, 6.45) is 0.170. The molecule has 0 aliphatic rings. The maximum Gasteiger partial charge on any atom is 0.294 e. The topological polar surface area (TPSA) is 94.8 Å². The van der Waals surface area contributed by atoms with E-state index in [0.29, 0.717) is 0 Å². The van der Waals surface area contributed by atoms with E-state index >= 15 is 0 Å². The Morgan fingerprint density at radius 2 is 1.75 bits per heavy atom. The summed E-state index contributed by atoms with van der Waals surface area (Å²) in [6.45, 7) is 1.04. The van der Waals surface area contributed by atoms with Crippen molar-refractivity contribution in [3.8, 4) is 5.75 Å². The number of aryl methyl sites for hydroxylation is 1. The summed E-state index contributed by atoms with van der Waals surface area (Å²) in [7, 11) is -4.47. The summed E-state index contributed by atoms with van der Waals surface area (Å²) < 4.78 is 30.3. The van der Waals surface area contributed by atoms with Crippen LogP contribution in [0.25, 0.3) is 0 Å². The Bertz CT molecular complexity index is 447. The van der Waals surface area contributed by atoms with Crippen LogP contribution in [0, 0.1) is 0 Å². The van der Waals surface area contributed by atoms with Crippen molar-refractivity contribution >= 4 is 10.1 Å². The summed E-state index contributed by atoms with van der Waals surface area (Å²) in [5, 5.41) is 18.5. The second-order valence-electron chi connectivity index (χ2n) is 3.82. The monoisotopic (exact) mass is 246 g/mol. The minimum Gasteiger partial charge on any atom is -0.508 e. The summed E-state index contributed by atoms with van der Waals surface area (Å²) in [5.41, 5.74) is 0.765. The van der Waals surface area contributed by atoms with E-state index in [1.807, 2.05) is 0 Å². The molecule has 0 aliphatic carbocycles. The second-order valence-corrected chi connectivity index (χ2v) is 5.65. The highest BCUT2D eigenvalue weighted by Gasteiger charge is 2.34. The molecule has 0 heterocycles. The standard InChI is InChI=1S/C10H14O5S/c1-10(12,16(13,14)15)7-6-8-2-4-9(11)5-3-8/h2-5,11-12H,6-7H2,1H3,(H,13,14,15). The summed E-state index contributed by atoms with van der Waals surface area (Å²) >= 11 is 0. The zero-order valence-electron chi connectivity index (χ0n) is 8.79.